The Morgan fingerprint density at radius 1 is 1.30 bits per heavy atom. The fourth-order valence-corrected chi connectivity index (χ4v) is 3.44. The van der Waals surface area contributed by atoms with Crippen molar-refractivity contribution in [3.8, 4) is 11.1 Å². The highest BCUT2D eigenvalue weighted by atomic mass is 19.4. The quantitative estimate of drug-likeness (QED) is 0.608. The van der Waals surface area contributed by atoms with E-state index in [1.807, 2.05) is 0 Å². The minimum Gasteiger partial charge on any atom is -0.466 e. The number of hydrogen-bond donors (Lipinski definition) is 2. The summed E-state index contributed by atoms with van der Waals surface area (Å²) in [4.78, 5) is 31.8. The number of carbonyl (C=O) groups is 2. The number of hydrogen-bond acceptors (Lipinski definition) is 7. The number of methoxy groups -OCH3 is 1. The molecule has 2 N–H and O–H groups in total. The van der Waals surface area contributed by atoms with E-state index in [0.29, 0.717) is 17.1 Å². The van der Waals surface area contributed by atoms with E-state index in [1.54, 1.807) is 43.3 Å². The van der Waals surface area contributed by atoms with Crippen LogP contribution in [0.4, 0.5) is 24.7 Å². The zero-order valence-electron chi connectivity index (χ0n) is 18.2. The molecule has 0 bridgehead atoms. The zero-order chi connectivity index (χ0) is 24.3. The number of pyridine rings is 1. The maximum absolute atomic E-state index is 13.3. The van der Waals surface area contributed by atoms with Crippen molar-refractivity contribution in [3.05, 3.63) is 53.4 Å². The highest BCUT2D eigenvalue weighted by Crippen LogP contribution is 2.36. The molecule has 0 radical (unpaired) electrons. The molecule has 0 spiro atoms. The van der Waals surface area contributed by atoms with Crippen LogP contribution >= 0.6 is 0 Å². The Labute approximate surface area is 188 Å². The second-order valence-corrected chi connectivity index (χ2v) is 7.49. The van der Waals surface area contributed by atoms with Gasteiger partial charge in [0, 0.05) is 38.1 Å². The first kappa shape index (κ1) is 24.1. The van der Waals surface area contributed by atoms with Gasteiger partial charge in [-0.05, 0) is 23.8 Å². The number of halogens is 3. The highest BCUT2D eigenvalue weighted by Gasteiger charge is 2.35. The van der Waals surface area contributed by atoms with E-state index in [9.17, 15) is 27.9 Å². The summed E-state index contributed by atoms with van der Waals surface area (Å²) in [6, 6.07) is 7.43. The van der Waals surface area contributed by atoms with E-state index in [1.165, 1.54) is 12.0 Å². The molecule has 176 valence electrons. The number of carbonyl (C=O) groups excluding carboxylic acids is 2. The molecule has 1 aliphatic rings. The lowest BCUT2D eigenvalue weighted by Gasteiger charge is -2.19. The van der Waals surface area contributed by atoms with Crippen LogP contribution in [0.25, 0.3) is 11.1 Å². The minimum absolute atomic E-state index is 0.0116. The van der Waals surface area contributed by atoms with Gasteiger partial charge < -0.3 is 25.0 Å². The maximum atomic E-state index is 13.3. The van der Waals surface area contributed by atoms with Gasteiger partial charge in [0.25, 0.3) is 5.91 Å². The molecule has 11 heteroatoms. The van der Waals surface area contributed by atoms with Crippen molar-refractivity contribution in [3.63, 3.8) is 0 Å². The van der Waals surface area contributed by atoms with E-state index in [4.69, 9.17) is 4.74 Å². The van der Waals surface area contributed by atoms with Crippen LogP contribution in [0.1, 0.15) is 5.56 Å². The summed E-state index contributed by atoms with van der Waals surface area (Å²) in [5.74, 6) is -0.857. The molecular formula is C22H23F3N4O4. The number of ether oxygens (including phenoxy) is 1. The summed E-state index contributed by atoms with van der Waals surface area (Å²) in [6.45, 7) is -0.276. The topological polar surface area (TPSA) is 95.0 Å². The molecule has 3 rings (SSSR count). The molecule has 2 heterocycles. The Bertz CT molecular complexity index is 1100. The van der Waals surface area contributed by atoms with Crippen molar-refractivity contribution in [2.75, 3.05) is 51.1 Å². The smallest absolute Gasteiger partial charge is 0.417 e. The summed E-state index contributed by atoms with van der Waals surface area (Å²) in [7, 11) is 4.53. The van der Waals surface area contributed by atoms with Gasteiger partial charge in [-0.1, -0.05) is 12.1 Å². The lowest BCUT2D eigenvalue weighted by molar-refractivity contribution is -0.138. The number of benzene rings is 1. The van der Waals surface area contributed by atoms with Gasteiger partial charge in [0.15, 0.2) is 0 Å². The van der Waals surface area contributed by atoms with Crippen LogP contribution in [-0.4, -0.2) is 67.8 Å². The van der Waals surface area contributed by atoms with Gasteiger partial charge in [-0.3, -0.25) is 4.79 Å². The lowest BCUT2D eigenvalue weighted by atomic mass is 10.0. The first-order valence-corrected chi connectivity index (χ1v) is 9.90. The number of nitrogens with one attached hydrogen (secondary N) is 1. The van der Waals surface area contributed by atoms with Crippen LogP contribution in [0.2, 0.25) is 0 Å². The van der Waals surface area contributed by atoms with Gasteiger partial charge in [-0.15, -0.1) is 0 Å². The maximum Gasteiger partial charge on any atom is 0.417 e. The van der Waals surface area contributed by atoms with Crippen LogP contribution in [0, 0.1) is 0 Å². The van der Waals surface area contributed by atoms with Crippen LogP contribution in [-0.2, 0) is 20.5 Å². The monoisotopic (exact) mass is 464 g/mol. The number of aliphatic hydroxyl groups is 1. The van der Waals surface area contributed by atoms with Gasteiger partial charge in [-0.25, -0.2) is 9.78 Å². The summed E-state index contributed by atoms with van der Waals surface area (Å²) in [5.41, 5.74) is 0.256. The molecule has 0 saturated heterocycles. The van der Waals surface area contributed by atoms with E-state index in [2.05, 4.69) is 10.3 Å². The minimum atomic E-state index is -4.56. The predicted molar refractivity (Wildman–Crippen MR) is 115 cm³/mol. The number of rotatable bonds is 7. The van der Waals surface area contributed by atoms with E-state index >= 15 is 0 Å². The second kappa shape index (κ2) is 9.49. The molecule has 0 unspecified atom stereocenters. The molecular weight excluding hydrogens is 441 g/mol. The first-order valence-electron chi connectivity index (χ1n) is 9.90. The van der Waals surface area contributed by atoms with Gasteiger partial charge in [0.05, 0.1) is 31.4 Å². The average Bonchev–Trinajstić information content (AvgIpc) is 3.08. The number of anilines is 2. The summed E-state index contributed by atoms with van der Waals surface area (Å²) < 4.78 is 44.6. The summed E-state index contributed by atoms with van der Waals surface area (Å²) in [5, 5.41) is 12.1. The number of nitrogens with zero attached hydrogens (tertiary/aromatic N) is 3. The third-order valence-electron chi connectivity index (χ3n) is 5.01. The Hall–Kier alpha value is -3.60. The number of aromatic nitrogens is 1. The fraction of sp³-hybridized carbons (Fsp3) is 0.318. The van der Waals surface area contributed by atoms with Gasteiger partial charge in [0.2, 0.25) is 0 Å². The number of alkyl halides is 3. The van der Waals surface area contributed by atoms with Crippen molar-refractivity contribution in [2.45, 2.75) is 6.18 Å². The molecule has 33 heavy (non-hydrogen) atoms. The molecule has 1 aliphatic heterocycles. The number of esters is 1. The first-order chi connectivity index (χ1) is 15.6. The second-order valence-electron chi connectivity index (χ2n) is 7.49. The normalized spacial score (nSPS) is 14.0. The standard InChI is InChI=1S/C22H23F3N4O4/c1-28(2)19-16(10-14(11-26-19)22(23,24)25)13-5-4-6-15(9-13)27-18-17(21(32)33-3)12-29(7-8-30)20(18)31/h4-6,9-11,27,30H,7-8,12H2,1-3H3. The Morgan fingerprint density at radius 3 is 2.64 bits per heavy atom. The number of aliphatic hydroxyl groups excluding tert-OH is 1. The Balaban J connectivity index is 2.02. The highest BCUT2D eigenvalue weighted by molar-refractivity contribution is 6.08. The van der Waals surface area contributed by atoms with Gasteiger partial charge >= 0.3 is 12.1 Å². The fourth-order valence-electron chi connectivity index (χ4n) is 3.44. The van der Waals surface area contributed by atoms with Crippen molar-refractivity contribution in [1.29, 1.82) is 0 Å². The number of amides is 1. The Morgan fingerprint density at radius 2 is 2.03 bits per heavy atom. The molecule has 0 saturated carbocycles. The van der Waals surface area contributed by atoms with Gasteiger partial charge in [0.1, 0.15) is 11.5 Å². The van der Waals surface area contributed by atoms with Crippen molar-refractivity contribution < 1.29 is 32.6 Å². The summed E-state index contributed by atoms with van der Waals surface area (Å²) >= 11 is 0. The lowest BCUT2D eigenvalue weighted by Crippen LogP contribution is -2.31. The molecule has 1 aromatic carbocycles. The van der Waals surface area contributed by atoms with E-state index in [0.717, 1.165) is 12.3 Å². The molecule has 1 aromatic heterocycles. The van der Waals surface area contributed by atoms with Crippen molar-refractivity contribution in [2.24, 2.45) is 0 Å². The van der Waals surface area contributed by atoms with Crippen molar-refractivity contribution >= 4 is 23.4 Å². The molecule has 0 atom stereocenters. The third-order valence-corrected chi connectivity index (χ3v) is 5.01. The largest absolute Gasteiger partial charge is 0.466 e. The third kappa shape index (κ3) is 5.08. The summed E-state index contributed by atoms with van der Waals surface area (Å²) in [6.07, 6.45) is -3.78. The zero-order valence-corrected chi connectivity index (χ0v) is 18.2. The van der Waals surface area contributed by atoms with Crippen LogP contribution in [0.3, 0.4) is 0 Å². The van der Waals surface area contributed by atoms with Crippen LogP contribution < -0.4 is 10.2 Å². The molecule has 0 aliphatic carbocycles. The Kier molecular flexibility index (Phi) is 6.92. The molecule has 1 amide bonds. The van der Waals surface area contributed by atoms with Crippen molar-refractivity contribution in [1.82, 2.24) is 9.88 Å². The molecule has 2 aromatic rings. The average molecular weight is 464 g/mol. The van der Waals surface area contributed by atoms with Gasteiger partial charge in [-0.2, -0.15) is 13.2 Å². The van der Waals surface area contributed by atoms with Crippen LogP contribution in [0.5, 0.6) is 0 Å². The van der Waals surface area contributed by atoms with E-state index in [-0.39, 0.29) is 36.5 Å². The van der Waals surface area contributed by atoms with E-state index < -0.39 is 23.6 Å². The van der Waals surface area contributed by atoms with Crippen LogP contribution in [0.15, 0.2) is 47.8 Å². The SMILES string of the molecule is COC(=O)C1=C(Nc2cccc(-c3cc(C(F)(F)F)cnc3N(C)C)c2)C(=O)N(CCO)C1. The molecule has 0 fully saturated rings. The number of β-amino-alcohol motifs (C(OH)–C–C–N with tert-alkyl or cyclic N) is 1. The predicted octanol–water partition coefficient (Wildman–Crippen LogP) is 2.51. The molecule has 8 nitrogen and oxygen atoms in total.